The standard InChI is InChI=1S/C9H11NO.2C2H6/c1-6(2)8-9(7(3)4)11-5-10-8;2*1-2/h5H,1,3H2,2,4H3;2*1-2H3. The molecular formula is C13H23NO. The molecule has 0 aliphatic carbocycles. The van der Waals surface area contributed by atoms with Crippen molar-refractivity contribution < 1.29 is 4.42 Å². The Hall–Kier alpha value is -1.31. The summed E-state index contributed by atoms with van der Waals surface area (Å²) in [6, 6.07) is 0. The smallest absolute Gasteiger partial charge is 0.182 e. The van der Waals surface area contributed by atoms with Crippen molar-refractivity contribution in [1.82, 2.24) is 4.98 Å². The fraction of sp³-hybridized carbons (Fsp3) is 0.462. The number of aromatic nitrogens is 1. The molecule has 0 radical (unpaired) electrons. The van der Waals surface area contributed by atoms with Crippen LogP contribution < -0.4 is 0 Å². The van der Waals surface area contributed by atoms with E-state index in [9.17, 15) is 0 Å². The van der Waals surface area contributed by atoms with Gasteiger partial charge in [-0.15, -0.1) is 0 Å². The lowest BCUT2D eigenvalue weighted by Gasteiger charge is -1.96. The van der Waals surface area contributed by atoms with Crippen LogP contribution in [0.15, 0.2) is 24.0 Å². The fourth-order valence-corrected chi connectivity index (χ4v) is 0.853. The van der Waals surface area contributed by atoms with Gasteiger partial charge in [0, 0.05) is 0 Å². The van der Waals surface area contributed by atoms with Gasteiger partial charge in [-0.1, -0.05) is 40.9 Å². The van der Waals surface area contributed by atoms with Gasteiger partial charge in [-0.25, -0.2) is 4.98 Å². The highest BCUT2D eigenvalue weighted by molar-refractivity contribution is 5.70. The van der Waals surface area contributed by atoms with Gasteiger partial charge in [-0.05, 0) is 25.0 Å². The molecule has 0 atom stereocenters. The number of hydrogen-bond acceptors (Lipinski definition) is 2. The predicted octanol–water partition coefficient (Wildman–Crippen LogP) is 4.79. The molecular weight excluding hydrogens is 186 g/mol. The molecule has 86 valence electrons. The van der Waals surface area contributed by atoms with Gasteiger partial charge in [-0.2, -0.15) is 0 Å². The zero-order valence-corrected chi connectivity index (χ0v) is 10.8. The minimum atomic E-state index is 0.734. The molecule has 1 heterocycles. The molecule has 0 fully saturated rings. The van der Waals surface area contributed by atoms with E-state index < -0.39 is 0 Å². The maximum atomic E-state index is 5.12. The Bertz CT molecular complexity index is 269. The van der Waals surface area contributed by atoms with Crippen LogP contribution in [-0.4, -0.2) is 4.98 Å². The average molecular weight is 209 g/mol. The van der Waals surface area contributed by atoms with Crippen molar-refractivity contribution >= 4 is 11.1 Å². The number of rotatable bonds is 2. The van der Waals surface area contributed by atoms with E-state index in [0.717, 1.165) is 22.6 Å². The summed E-state index contributed by atoms with van der Waals surface area (Å²) in [4.78, 5) is 4.01. The van der Waals surface area contributed by atoms with Crippen LogP contribution >= 0.6 is 0 Å². The largest absolute Gasteiger partial charge is 0.443 e. The van der Waals surface area contributed by atoms with Crippen molar-refractivity contribution in [1.29, 1.82) is 0 Å². The molecule has 0 saturated carbocycles. The molecule has 0 aliphatic rings. The van der Waals surface area contributed by atoms with E-state index in [1.807, 2.05) is 41.5 Å². The lowest BCUT2D eigenvalue weighted by molar-refractivity contribution is 0.544. The van der Waals surface area contributed by atoms with E-state index in [1.165, 1.54) is 6.39 Å². The Labute approximate surface area is 93.7 Å². The minimum absolute atomic E-state index is 0.734. The predicted molar refractivity (Wildman–Crippen MR) is 68.6 cm³/mol. The molecule has 1 rings (SSSR count). The van der Waals surface area contributed by atoms with Crippen LogP contribution in [0.4, 0.5) is 0 Å². The fourth-order valence-electron chi connectivity index (χ4n) is 0.853. The Balaban J connectivity index is 0. The van der Waals surface area contributed by atoms with Crippen LogP contribution in [0.2, 0.25) is 0 Å². The van der Waals surface area contributed by atoms with Gasteiger partial charge in [0.15, 0.2) is 12.2 Å². The van der Waals surface area contributed by atoms with E-state index in [4.69, 9.17) is 4.42 Å². The molecule has 0 saturated heterocycles. The van der Waals surface area contributed by atoms with Crippen molar-refractivity contribution in [3.63, 3.8) is 0 Å². The lowest BCUT2D eigenvalue weighted by atomic mass is 10.1. The Kier molecular flexibility index (Phi) is 9.95. The second-order valence-electron chi connectivity index (χ2n) is 2.59. The molecule has 0 N–H and O–H groups in total. The van der Waals surface area contributed by atoms with Crippen molar-refractivity contribution in [2.24, 2.45) is 0 Å². The van der Waals surface area contributed by atoms with Gasteiger partial charge in [-0.3, -0.25) is 0 Å². The summed E-state index contributed by atoms with van der Waals surface area (Å²) < 4.78 is 5.12. The zero-order chi connectivity index (χ0) is 12.4. The van der Waals surface area contributed by atoms with Gasteiger partial charge >= 0.3 is 0 Å². The van der Waals surface area contributed by atoms with Crippen LogP contribution in [0.3, 0.4) is 0 Å². The summed E-state index contributed by atoms with van der Waals surface area (Å²) >= 11 is 0. The van der Waals surface area contributed by atoms with E-state index in [0.29, 0.717) is 0 Å². The highest BCUT2D eigenvalue weighted by Crippen LogP contribution is 2.21. The first-order valence-corrected chi connectivity index (χ1v) is 5.38. The zero-order valence-electron chi connectivity index (χ0n) is 10.8. The quantitative estimate of drug-likeness (QED) is 0.699. The van der Waals surface area contributed by atoms with Crippen molar-refractivity contribution in [2.75, 3.05) is 0 Å². The Morgan fingerprint density at radius 1 is 1.07 bits per heavy atom. The number of oxazole rings is 1. The summed E-state index contributed by atoms with van der Waals surface area (Å²) in [6.07, 6.45) is 1.41. The molecule has 2 heteroatoms. The molecule has 1 aromatic heterocycles. The Morgan fingerprint density at radius 3 is 1.80 bits per heavy atom. The van der Waals surface area contributed by atoms with Gasteiger partial charge in [0.05, 0.1) is 0 Å². The SMILES string of the molecule is C=C(C)c1ncoc1C(=C)C.CC.CC. The topological polar surface area (TPSA) is 26.0 Å². The molecule has 15 heavy (non-hydrogen) atoms. The van der Waals surface area contributed by atoms with Crippen molar-refractivity contribution in [3.8, 4) is 0 Å². The van der Waals surface area contributed by atoms with Crippen LogP contribution in [0.1, 0.15) is 53.0 Å². The molecule has 1 aromatic rings. The molecule has 0 unspecified atom stereocenters. The summed E-state index contributed by atoms with van der Waals surface area (Å²) in [5.41, 5.74) is 2.58. The van der Waals surface area contributed by atoms with Crippen molar-refractivity contribution in [3.05, 3.63) is 31.0 Å². The molecule has 0 amide bonds. The van der Waals surface area contributed by atoms with Gasteiger partial charge < -0.3 is 4.42 Å². The number of hydrogen-bond donors (Lipinski definition) is 0. The van der Waals surface area contributed by atoms with Crippen molar-refractivity contribution in [2.45, 2.75) is 41.5 Å². The maximum Gasteiger partial charge on any atom is 0.182 e. The van der Waals surface area contributed by atoms with E-state index in [-0.39, 0.29) is 0 Å². The first-order valence-electron chi connectivity index (χ1n) is 5.38. The number of nitrogens with zero attached hydrogens (tertiary/aromatic N) is 1. The number of allylic oxidation sites excluding steroid dienone is 2. The van der Waals surface area contributed by atoms with Crippen LogP contribution in [0, 0.1) is 0 Å². The first kappa shape index (κ1) is 16.1. The van der Waals surface area contributed by atoms with Gasteiger partial charge in [0.2, 0.25) is 0 Å². The average Bonchev–Trinajstić information content (AvgIpc) is 2.72. The summed E-state index contributed by atoms with van der Waals surface area (Å²) in [6.45, 7) is 19.3. The van der Waals surface area contributed by atoms with E-state index in [2.05, 4.69) is 18.1 Å². The second-order valence-corrected chi connectivity index (χ2v) is 2.59. The third kappa shape index (κ3) is 5.21. The molecule has 2 nitrogen and oxygen atoms in total. The summed E-state index contributed by atoms with van der Waals surface area (Å²) in [7, 11) is 0. The highest BCUT2D eigenvalue weighted by atomic mass is 16.3. The van der Waals surface area contributed by atoms with Crippen LogP contribution in [0.5, 0.6) is 0 Å². The van der Waals surface area contributed by atoms with E-state index in [1.54, 1.807) is 0 Å². The third-order valence-electron chi connectivity index (χ3n) is 1.36. The molecule has 0 spiro atoms. The van der Waals surface area contributed by atoms with Gasteiger partial charge in [0.1, 0.15) is 5.69 Å². The third-order valence-corrected chi connectivity index (χ3v) is 1.36. The first-order chi connectivity index (χ1) is 7.13. The minimum Gasteiger partial charge on any atom is -0.443 e. The second kappa shape index (κ2) is 9.25. The van der Waals surface area contributed by atoms with Gasteiger partial charge in [0.25, 0.3) is 0 Å². The van der Waals surface area contributed by atoms with Crippen LogP contribution in [0.25, 0.3) is 11.1 Å². The normalized spacial score (nSPS) is 7.87. The summed E-state index contributed by atoms with van der Waals surface area (Å²) in [5.74, 6) is 0.734. The van der Waals surface area contributed by atoms with E-state index >= 15 is 0 Å². The molecule has 0 aromatic carbocycles. The monoisotopic (exact) mass is 209 g/mol. The highest BCUT2D eigenvalue weighted by Gasteiger charge is 2.07. The lowest BCUT2D eigenvalue weighted by Crippen LogP contribution is -1.83. The molecule has 0 aliphatic heterocycles. The van der Waals surface area contributed by atoms with Crippen LogP contribution in [-0.2, 0) is 0 Å². The summed E-state index contributed by atoms with van der Waals surface area (Å²) in [5, 5.41) is 0. The maximum absolute atomic E-state index is 5.12. The Morgan fingerprint density at radius 2 is 1.53 bits per heavy atom. The molecule has 0 bridgehead atoms.